The first-order chi connectivity index (χ1) is 1.73. The molecule has 0 radical (unpaired) electrons. The van der Waals surface area contributed by atoms with E-state index in [4.69, 9.17) is 15.0 Å². The number of hydrogen-bond donors (Lipinski definition) is 1. The monoisotopic (exact) mass is 168 g/mol. The molecule has 5 heteroatoms. The molecule has 4 nitrogen and oxygen atoms in total. The molecule has 0 unspecified atom stereocenters. The van der Waals surface area contributed by atoms with E-state index in [0.29, 0.717) is 0 Å². The van der Waals surface area contributed by atoms with Crippen LogP contribution in [0.15, 0.2) is 0 Å². The molecule has 0 amide bonds. The van der Waals surface area contributed by atoms with Crippen LogP contribution in [0.5, 0.6) is 0 Å². The van der Waals surface area contributed by atoms with Gasteiger partial charge in [-0.2, -0.15) is 0 Å². The third-order valence-corrected chi connectivity index (χ3v) is 0. The van der Waals surface area contributed by atoms with Gasteiger partial charge in [0.15, 0.2) is 0 Å². The van der Waals surface area contributed by atoms with Crippen LogP contribution in [0.25, 0.3) is 0 Å². The minimum Gasteiger partial charge on any atom is -0.652 e. The van der Waals surface area contributed by atoms with Gasteiger partial charge in [0.1, 0.15) is 0 Å². The zero-order valence-electron chi connectivity index (χ0n) is 3.22. The predicted octanol–water partition coefficient (Wildman–Crippen LogP) is -2.07. The van der Waals surface area contributed by atoms with E-state index in [1.165, 1.54) is 0 Å². The first-order valence-electron chi connectivity index (χ1n) is 0.612. The Labute approximate surface area is 53.9 Å². The Hall–Kier alpha value is 0.113. The van der Waals surface area contributed by atoms with Crippen molar-refractivity contribution in [3.05, 3.63) is 0 Å². The van der Waals surface area contributed by atoms with Crippen LogP contribution in [-0.2, 0) is 26.2 Å². The zero-order valence-corrected chi connectivity index (χ0v) is 5.68. The third-order valence-electron chi connectivity index (χ3n) is 0. The van der Waals surface area contributed by atoms with E-state index in [1.54, 1.807) is 0 Å². The summed E-state index contributed by atoms with van der Waals surface area (Å²) in [4.78, 5) is 8.33. The Morgan fingerprint density at radius 3 is 1.33 bits per heavy atom. The van der Waals surface area contributed by atoms with Crippen molar-refractivity contribution in [2.45, 2.75) is 0 Å². The number of carbonyl (C=O) groups excluding carboxylic acids is 1. The van der Waals surface area contributed by atoms with E-state index in [-0.39, 0.29) is 32.4 Å². The number of quaternary nitrogens is 1. The van der Waals surface area contributed by atoms with E-state index in [2.05, 4.69) is 0 Å². The average Bonchev–Trinajstić information content (AvgIpc) is 0.811. The van der Waals surface area contributed by atoms with Gasteiger partial charge in [0.05, 0.1) is 0 Å². The van der Waals surface area contributed by atoms with Gasteiger partial charge in [-0.3, -0.25) is 0 Å². The minimum atomic E-state index is -2.33. The smallest absolute Gasteiger partial charge is 0.652 e. The van der Waals surface area contributed by atoms with Crippen LogP contribution in [0.2, 0.25) is 0 Å². The van der Waals surface area contributed by atoms with Gasteiger partial charge in [0.25, 0.3) is 0 Å². The molecule has 6 heavy (non-hydrogen) atoms. The zero-order chi connectivity index (χ0) is 3.58. The molecular formula is CH4NO3Zr+. The van der Waals surface area contributed by atoms with E-state index >= 15 is 0 Å². The van der Waals surface area contributed by atoms with Crippen LogP contribution in [0.4, 0.5) is 4.79 Å². The number of hydrogen-bond acceptors (Lipinski definition) is 3. The molecule has 34 valence electrons. The second kappa shape index (κ2) is 8.93. The van der Waals surface area contributed by atoms with Crippen LogP contribution in [-0.4, -0.2) is 6.16 Å². The van der Waals surface area contributed by atoms with Gasteiger partial charge in [0, 0.05) is 0 Å². The number of rotatable bonds is 0. The van der Waals surface area contributed by atoms with E-state index in [0.717, 1.165) is 0 Å². The summed E-state index contributed by atoms with van der Waals surface area (Å²) in [5.41, 5.74) is 0. The molecule has 0 aromatic carbocycles. The average molecular weight is 169 g/mol. The largest absolute Gasteiger partial charge is 2.00 e. The fourth-order valence-corrected chi connectivity index (χ4v) is 0. The van der Waals surface area contributed by atoms with Crippen molar-refractivity contribution in [1.29, 1.82) is 0 Å². The van der Waals surface area contributed by atoms with Crippen molar-refractivity contribution >= 4 is 6.16 Å². The van der Waals surface area contributed by atoms with Crippen molar-refractivity contribution in [2.24, 2.45) is 0 Å². The van der Waals surface area contributed by atoms with E-state index in [9.17, 15) is 0 Å². The number of carboxylic acid groups (broad SMARTS) is 2. The van der Waals surface area contributed by atoms with Gasteiger partial charge in [-0.15, -0.1) is 0 Å². The first kappa shape index (κ1) is 16.5. The third kappa shape index (κ3) is 3120. The van der Waals surface area contributed by atoms with Gasteiger partial charge in [-0.25, -0.2) is 0 Å². The van der Waals surface area contributed by atoms with Gasteiger partial charge in [-0.1, -0.05) is 0 Å². The molecule has 0 rings (SSSR count). The molecule has 0 atom stereocenters. The topological polar surface area (TPSA) is 99.7 Å². The van der Waals surface area contributed by atoms with Crippen molar-refractivity contribution in [3.63, 3.8) is 0 Å². The normalized spacial score (nSPS) is 4.00. The maximum absolute atomic E-state index is 8.33. The van der Waals surface area contributed by atoms with Gasteiger partial charge >= 0.3 is 26.2 Å². The van der Waals surface area contributed by atoms with Gasteiger partial charge in [0.2, 0.25) is 0 Å². The summed E-state index contributed by atoms with van der Waals surface area (Å²) in [7, 11) is 0. The Balaban J connectivity index is -0.0000000450. The second-order valence-corrected chi connectivity index (χ2v) is 0.250. The molecule has 0 fully saturated rings. The summed E-state index contributed by atoms with van der Waals surface area (Å²) in [6.45, 7) is 0. The quantitative estimate of drug-likeness (QED) is 0.450. The van der Waals surface area contributed by atoms with Crippen molar-refractivity contribution in [3.8, 4) is 0 Å². The molecular weight excluding hydrogens is 165 g/mol. The summed E-state index contributed by atoms with van der Waals surface area (Å²) in [6, 6.07) is 0. The molecule has 0 aliphatic rings. The Morgan fingerprint density at radius 2 is 1.33 bits per heavy atom. The van der Waals surface area contributed by atoms with E-state index < -0.39 is 6.16 Å². The molecule has 0 spiro atoms. The van der Waals surface area contributed by atoms with Crippen LogP contribution >= 0.6 is 0 Å². The summed E-state index contributed by atoms with van der Waals surface area (Å²) < 4.78 is 0. The summed E-state index contributed by atoms with van der Waals surface area (Å²) >= 11 is 0. The molecule has 0 aliphatic heterocycles. The minimum absolute atomic E-state index is 0. The fraction of sp³-hybridized carbons (Fsp3) is 0. The molecule has 0 saturated carbocycles. The Morgan fingerprint density at radius 1 is 1.33 bits per heavy atom. The second-order valence-electron chi connectivity index (χ2n) is 0.250. The fourth-order valence-electron chi connectivity index (χ4n) is 0. The van der Waals surface area contributed by atoms with Crippen molar-refractivity contribution < 1.29 is 41.2 Å². The number of carbonyl (C=O) groups is 1. The first-order valence-corrected chi connectivity index (χ1v) is 0.612. The summed E-state index contributed by atoms with van der Waals surface area (Å²) in [6.07, 6.45) is -2.33. The molecule has 4 N–H and O–H groups in total. The Bertz CT molecular complexity index is 33.8. The SMILES string of the molecule is O=C([O-])[O-].[NH4+].[Zr+2]. The van der Waals surface area contributed by atoms with Crippen molar-refractivity contribution in [1.82, 2.24) is 6.15 Å². The molecule has 0 aromatic heterocycles. The maximum atomic E-state index is 8.33. The van der Waals surface area contributed by atoms with Gasteiger partial charge < -0.3 is 21.2 Å². The van der Waals surface area contributed by atoms with Crippen molar-refractivity contribution in [2.75, 3.05) is 0 Å². The van der Waals surface area contributed by atoms with Crippen LogP contribution in [0.3, 0.4) is 0 Å². The summed E-state index contributed by atoms with van der Waals surface area (Å²) in [5.74, 6) is 0. The molecule has 0 aromatic rings. The summed E-state index contributed by atoms with van der Waals surface area (Å²) in [5, 5.41) is 16.7. The maximum Gasteiger partial charge on any atom is 2.00 e. The molecule has 0 heterocycles. The molecule has 0 aliphatic carbocycles. The molecule has 0 saturated heterocycles. The van der Waals surface area contributed by atoms with E-state index in [1.807, 2.05) is 0 Å². The van der Waals surface area contributed by atoms with Crippen LogP contribution < -0.4 is 16.4 Å². The van der Waals surface area contributed by atoms with Gasteiger partial charge in [-0.05, 0) is 6.16 Å². The van der Waals surface area contributed by atoms with Crippen LogP contribution in [0, 0.1) is 0 Å². The Kier molecular flexibility index (Phi) is 24.5. The standard InChI is InChI=1S/CH2O3.H3N.Zr/c2-1(3)4;;/h(H2,2,3,4);1H3;/q;;+2/p-1. The van der Waals surface area contributed by atoms with Crippen LogP contribution in [0.1, 0.15) is 0 Å². The molecule has 0 bridgehead atoms. The predicted molar refractivity (Wildman–Crippen MR) is 11.4 cm³/mol.